The zero-order chi connectivity index (χ0) is 28.3. The van der Waals surface area contributed by atoms with E-state index in [0.29, 0.717) is 9.21 Å². The molecule has 3 N–H and O–H groups in total. The number of H-pyrrole nitrogens is 1. The number of hydrogen-bond acceptors (Lipinski definition) is 8. The van der Waals surface area contributed by atoms with Crippen molar-refractivity contribution in [3.8, 4) is 5.69 Å². The van der Waals surface area contributed by atoms with Crippen LogP contribution in [-0.4, -0.2) is 34.1 Å². The Labute approximate surface area is 228 Å². The second-order valence-corrected chi connectivity index (χ2v) is 9.81. The van der Waals surface area contributed by atoms with Crippen molar-refractivity contribution in [3.63, 3.8) is 0 Å². The average Bonchev–Trinajstić information content (AvgIpc) is 3.33. The Morgan fingerprint density at radius 3 is 2.49 bits per heavy atom. The lowest BCUT2D eigenvalue weighted by atomic mass is 10.1. The standard InChI is InChI=1S/C25H20ClFN4O7S/c1-3-37-25(36)38-30-22(33)20(18-8-9-19(26)39-18)29-21(32)13-4-6-14(7-5-13)31-23(34)15-11-16(27)12(2)10-17(15)28-24(31)35/h4-11,20H,3H2,1-2H3,(H,28,35)(H,29,32)(H,30,33). The van der Waals surface area contributed by atoms with Crippen LogP contribution in [0.15, 0.2) is 58.1 Å². The molecule has 14 heteroatoms. The first kappa shape index (κ1) is 27.5. The molecule has 2 aromatic heterocycles. The van der Waals surface area contributed by atoms with Gasteiger partial charge in [0.1, 0.15) is 11.9 Å². The van der Waals surface area contributed by atoms with Crippen LogP contribution in [0.2, 0.25) is 4.34 Å². The van der Waals surface area contributed by atoms with Gasteiger partial charge in [-0.3, -0.25) is 14.4 Å². The number of rotatable bonds is 6. The molecule has 1 atom stereocenters. The van der Waals surface area contributed by atoms with E-state index in [0.717, 1.165) is 22.0 Å². The van der Waals surface area contributed by atoms with E-state index in [1.807, 2.05) is 5.48 Å². The molecule has 202 valence electrons. The maximum Gasteiger partial charge on any atom is 0.533 e. The highest BCUT2D eigenvalue weighted by molar-refractivity contribution is 7.16. The molecule has 2 aromatic carbocycles. The van der Waals surface area contributed by atoms with Crippen LogP contribution in [0.3, 0.4) is 0 Å². The van der Waals surface area contributed by atoms with Gasteiger partial charge in [0, 0.05) is 10.4 Å². The van der Waals surface area contributed by atoms with Crippen molar-refractivity contribution in [3.05, 3.63) is 95.5 Å². The predicted molar refractivity (Wildman–Crippen MR) is 141 cm³/mol. The van der Waals surface area contributed by atoms with Crippen LogP contribution in [0.4, 0.5) is 9.18 Å². The third kappa shape index (κ3) is 5.99. The van der Waals surface area contributed by atoms with E-state index in [1.165, 1.54) is 49.4 Å². The van der Waals surface area contributed by atoms with Crippen molar-refractivity contribution in [2.75, 3.05) is 6.61 Å². The van der Waals surface area contributed by atoms with Gasteiger partial charge in [0.15, 0.2) is 0 Å². The number of thiophene rings is 1. The Bertz CT molecular complexity index is 1700. The third-order valence-electron chi connectivity index (χ3n) is 5.48. The highest BCUT2D eigenvalue weighted by atomic mass is 35.5. The number of halogens is 2. The van der Waals surface area contributed by atoms with Crippen molar-refractivity contribution >= 4 is 51.8 Å². The fraction of sp³-hybridized carbons (Fsp3) is 0.160. The summed E-state index contributed by atoms with van der Waals surface area (Å²) in [6.07, 6.45) is -1.13. The molecular formula is C25H20ClFN4O7S. The van der Waals surface area contributed by atoms with Gasteiger partial charge in [0.2, 0.25) is 0 Å². The number of hydroxylamine groups is 1. The molecule has 1 unspecified atom stereocenters. The molecule has 0 bridgehead atoms. The number of aromatic amines is 1. The fourth-order valence-electron chi connectivity index (χ4n) is 3.60. The first-order valence-electron chi connectivity index (χ1n) is 11.3. The minimum Gasteiger partial charge on any atom is -0.433 e. The van der Waals surface area contributed by atoms with Gasteiger partial charge in [0.25, 0.3) is 17.4 Å². The smallest absolute Gasteiger partial charge is 0.433 e. The Balaban J connectivity index is 1.58. The second kappa shape index (κ2) is 11.5. The number of ether oxygens (including phenoxy) is 1. The summed E-state index contributed by atoms with van der Waals surface area (Å²) in [6, 6.07) is 9.56. The van der Waals surface area contributed by atoms with Crippen LogP contribution >= 0.6 is 22.9 Å². The van der Waals surface area contributed by atoms with E-state index in [1.54, 1.807) is 6.92 Å². The van der Waals surface area contributed by atoms with Gasteiger partial charge in [0.05, 0.1) is 27.5 Å². The number of carbonyl (C=O) groups is 3. The monoisotopic (exact) mass is 574 g/mol. The zero-order valence-electron chi connectivity index (χ0n) is 20.4. The Hall–Kier alpha value is -4.49. The maximum absolute atomic E-state index is 14.1. The van der Waals surface area contributed by atoms with Crippen molar-refractivity contribution < 1.29 is 28.3 Å². The number of nitrogens with one attached hydrogen (secondary N) is 3. The summed E-state index contributed by atoms with van der Waals surface area (Å²) in [7, 11) is 0. The summed E-state index contributed by atoms with van der Waals surface area (Å²) in [4.78, 5) is 70.1. The first-order chi connectivity index (χ1) is 18.6. The quantitative estimate of drug-likeness (QED) is 0.236. The minimum absolute atomic E-state index is 0.0204. The van der Waals surface area contributed by atoms with E-state index in [9.17, 15) is 28.4 Å². The number of hydrogen-bond donors (Lipinski definition) is 3. The molecular weight excluding hydrogens is 555 g/mol. The van der Waals surface area contributed by atoms with Crippen LogP contribution in [0.1, 0.15) is 33.8 Å². The molecule has 2 amide bonds. The molecule has 4 aromatic rings. The molecule has 39 heavy (non-hydrogen) atoms. The number of benzene rings is 2. The van der Waals surface area contributed by atoms with E-state index >= 15 is 0 Å². The van der Waals surface area contributed by atoms with E-state index in [2.05, 4.69) is 19.9 Å². The Morgan fingerprint density at radius 2 is 1.85 bits per heavy atom. The zero-order valence-corrected chi connectivity index (χ0v) is 21.9. The lowest BCUT2D eigenvalue weighted by Gasteiger charge is -2.17. The van der Waals surface area contributed by atoms with Gasteiger partial charge in [-0.15, -0.1) is 11.3 Å². The maximum atomic E-state index is 14.1. The predicted octanol–water partition coefficient (Wildman–Crippen LogP) is 3.52. The normalized spacial score (nSPS) is 11.6. The van der Waals surface area contributed by atoms with Gasteiger partial charge in [-0.1, -0.05) is 11.6 Å². The van der Waals surface area contributed by atoms with Crippen molar-refractivity contribution in [2.45, 2.75) is 19.9 Å². The summed E-state index contributed by atoms with van der Waals surface area (Å²) < 4.78 is 19.8. The van der Waals surface area contributed by atoms with E-state index in [4.69, 9.17) is 11.6 Å². The van der Waals surface area contributed by atoms with E-state index < -0.39 is 41.1 Å². The molecule has 11 nitrogen and oxygen atoms in total. The van der Waals surface area contributed by atoms with Gasteiger partial charge < -0.3 is 19.9 Å². The topological polar surface area (TPSA) is 149 Å². The number of amides is 2. The highest BCUT2D eigenvalue weighted by Gasteiger charge is 2.26. The number of fused-ring (bicyclic) bond motifs is 1. The molecule has 4 rings (SSSR count). The van der Waals surface area contributed by atoms with Crippen LogP contribution < -0.4 is 22.0 Å². The molecule has 0 saturated heterocycles. The van der Waals surface area contributed by atoms with Gasteiger partial charge in [-0.25, -0.2) is 18.5 Å². The molecule has 0 fully saturated rings. The average molecular weight is 575 g/mol. The minimum atomic E-state index is -1.28. The molecule has 2 heterocycles. The summed E-state index contributed by atoms with van der Waals surface area (Å²) in [6.45, 7) is 3.09. The molecule has 0 radical (unpaired) electrons. The summed E-state index contributed by atoms with van der Waals surface area (Å²) in [5.74, 6) is -2.16. The van der Waals surface area contributed by atoms with Gasteiger partial charge in [-0.2, -0.15) is 5.48 Å². The number of carbonyl (C=O) groups excluding carboxylic acids is 3. The summed E-state index contributed by atoms with van der Waals surface area (Å²) in [5, 5.41) is 2.51. The lowest BCUT2D eigenvalue weighted by Crippen LogP contribution is -2.41. The van der Waals surface area contributed by atoms with Crippen molar-refractivity contribution in [1.82, 2.24) is 20.3 Å². The van der Waals surface area contributed by atoms with Crippen LogP contribution in [-0.2, 0) is 14.4 Å². The van der Waals surface area contributed by atoms with Crippen LogP contribution in [0, 0.1) is 12.7 Å². The third-order valence-corrected chi connectivity index (χ3v) is 6.77. The summed E-state index contributed by atoms with van der Waals surface area (Å²) in [5.41, 5.74) is 1.12. The largest absolute Gasteiger partial charge is 0.533 e. The SMILES string of the molecule is CCOC(=O)ONC(=O)C(NC(=O)c1ccc(-n2c(=O)[nH]c3cc(C)c(F)cc3c2=O)cc1)c1ccc(Cl)s1. The number of aromatic nitrogens is 2. The lowest BCUT2D eigenvalue weighted by molar-refractivity contribution is -0.133. The molecule has 0 saturated carbocycles. The van der Waals surface area contributed by atoms with Crippen LogP contribution in [0.25, 0.3) is 16.6 Å². The van der Waals surface area contributed by atoms with Gasteiger partial charge >= 0.3 is 11.8 Å². The van der Waals surface area contributed by atoms with Crippen molar-refractivity contribution in [1.29, 1.82) is 0 Å². The first-order valence-corrected chi connectivity index (χ1v) is 12.5. The highest BCUT2D eigenvalue weighted by Crippen LogP contribution is 2.27. The molecule has 0 spiro atoms. The van der Waals surface area contributed by atoms with Gasteiger partial charge in [-0.05, 0) is 67.9 Å². The number of nitrogens with zero attached hydrogens (tertiary/aromatic N) is 1. The van der Waals surface area contributed by atoms with Crippen molar-refractivity contribution in [2.24, 2.45) is 0 Å². The molecule has 0 aliphatic heterocycles. The summed E-state index contributed by atoms with van der Waals surface area (Å²) >= 11 is 7.00. The second-order valence-electron chi connectivity index (χ2n) is 8.06. The Kier molecular flexibility index (Phi) is 8.12. The van der Waals surface area contributed by atoms with Crippen LogP contribution in [0.5, 0.6) is 0 Å². The fourth-order valence-corrected chi connectivity index (χ4v) is 4.72. The number of aryl methyl sites for hydroxylation is 1. The molecule has 0 aliphatic carbocycles. The Morgan fingerprint density at radius 1 is 1.13 bits per heavy atom. The molecule has 0 aliphatic rings. The van der Waals surface area contributed by atoms with E-state index in [-0.39, 0.29) is 34.3 Å².